The number of rotatable bonds is 7. The molecule has 13 heavy (non-hydrogen) atoms. The van der Waals surface area contributed by atoms with Crippen LogP contribution in [0.3, 0.4) is 0 Å². The Morgan fingerprint density at radius 2 is 2.08 bits per heavy atom. The number of hydrogen-bond donors (Lipinski definition) is 2. The van der Waals surface area contributed by atoms with Crippen molar-refractivity contribution in [3.8, 4) is 0 Å². The molecule has 1 unspecified atom stereocenters. The molecule has 3 N–H and O–H groups in total. The second kappa shape index (κ2) is 6.35. The molecule has 0 aromatic rings. The third-order valence-electron chi connectivity index (χ3n) is 2.33. The molecule has 0 fully saturated rings. The molecule has 0 amide bonds. The molecule has 0 aromatic heterocycles. The van der Waals surface area contributed by atoms with Crippen LogP contribution in [0.15, 0.2) is 0 Å². The van der Waals surface area contributed by atoms with Crippen molar-refractivity contribution in [2.24, 2.45) is 11.8 Å². The van der Waals surface area contributed by atoms with Crippen molar-refractivity contribution >= 4 is 0 Å². The predicted octanol–water partition coefficient (Wildman–Crippen LogP) is 1.68. The van der Waals surface area contributed by atoms with Crippen LogP contribution in [-0.2, 0) is 4.74 Å². The third kappa shape index (κ3) is 6.99. The lowest BCUT2D eigenvalue weighted by molar-refractivity contribution is -0.0214. The highest BCUT2D eigenvalue weighted by Gasteiger charge is 2.17. The van der Waals surface area contributed by atoms with E-state index < -0.39 is 0 Å². The Kier molecular flexibility index (Phi) is 6.29. The Morgan fingerprint density at radius 1 is 1.46 bits per heavy atom. The zero-order valence-electron chi connectivity index (χ0n) is 9.39. The van der Waals surface area contributed by atoms with Crippen LogP contribution in [0, 0.1) is 5.92 Å². The van der Waals surface area contributed by atoms with Crippen LogP contribution in [0.25, 0.3) is 0 Å². The molecule has 0 aliphatic carbocycles. The summed E-state index contributed by atoms with van der Waals surface area (Å²) in [5.41, 5.74) is 2.48. The molecule has 0 aliphatic rings. The fourth-order valence-corrected chi connectivity index (χ4v) is 1.04. The average molecular weight is 188 g/mol. The van der Waals surface area contributed by atoms with Crippen LogP contribution in [0.4, 0.5) is 0 Å². The lowest BCUT2D eigenvalue weighted by Crippen LogP contribution is -2.41. The molecule has 0 spiro atoms. The van der Waals surface area contributed by atoms with E-state index in [1.54, 1.807) is 0 Å². The summed E-state index contributed by atoms with van der Waals surface area (Å²) in [6.07, 6.45) is 2.35. The normalized spacial score (nSPS) is 14.5. The minimum Gasteiger partial charge on any atom is -0.374 e. The van der Waals surface area contributed by atoms with Gasteiger partial charge in [0.25, 0.3) is 0 Å². The zero-order chi connectivity index (χ0) is 10.3. The summed E-state index contributed by atoms with van der Waals surface area (Å²) in [7, 11) is 0. The largest absolute Gasteiger partial charge is 0.374 e. The van der Waals surface area contributed by atoms with Gasteiger partial charge in [0.1, 0.15) is 0 Å². The Morgan fingerprint density at radius 3 is 2.54 bits per heavy atom. The smallest absolute Gasteiger partial charge is 0.0764 e. The fourth-order valence-electron chi connectivity index (χ4n) is 1.04. The lowest BCUT2D eigenvalue weighted by atomic mass is 10.1. The SMILES string of the molecule is CCC(C)CCOC(C)(C)CNN. The summed E-state index contributed by atoms with van der Waals surface area (Å²) < 4.78 is 5.70. The van der Waals surface area contributed by atoms with Crippen LogP contribution in [-0.4, -0.2) is 18.8 Å². The second-order valence-electron chi connectivity index (χ2n) is 4.29. The molecule has 0 saturated carbocycles. The first-order chi connectivity index (χ1) is 6.02. The van der Waals surface area contributed by atoms with Gasteiger partial charge in [-0.3, -0.25) is 11.3 Å². The molecule has 3 heteroatoms. The van der Waals surface area contributed by atoms with Crippen LogP contribution in [0.1, 0.15) is 40.5 Å². The number of hydrazine groups is 1. The van der Waals surface area contributed by atoms with Crippen LogP contribution < -0.4 is 11.3 Å². The molecular weight excluding hydrogens is 164 g/mol. The molecule has 80 valence electrons. The first-order valence-electron chi connectivity index (χ1n) is 5.09. The summed E-state index contributed by atoms with van der Waals surface area (Å²) in [5.74, 6) is 5.99. The topological polar surface area (TPSA) is 47.3 Å². The summed E-state index contributed by atoms with van der Waals surface area (Å²) in [5, 5.41) is 0. The van der Waals surface area contributed by atoms with Crippen molar-refractivity contribution in [1.82, 2.24) is 5.43 Å². The number of nitrogens with two attached hydrogens (primary N) is 1. The zero-order valence-corrected chi connectivity index (χ0v) is 9.39. The number of hydrogen-bond acceptors (Lipinski definition) is 3. The van der Waals surface area contributed by atoms with E-state index in [0.29, 0.717) is 6.54 Å². The van der Waals surface area contributed by atoms with Crippen molar-refractivity contribution in [2.75, 3.05) is 13.2 Å². The van der Waals surface area contributed by atoms with Gasteiger partial charge >= 0.3 is 0 Å². The first-order valence-corrected chi connectivity index (χ1v) is 5.09. The number of nitrogens with one attached hydrogen (secondary N) is 1. The second-order valence-corrected chi connectivity index (χ2v) is 4.29. The van der Waals surface area contributed by atoms with Gasteiger partial charge in [0.2, 0.25) is 0 Å². The molecule has 0 aromatic carbocycles. The van der Waals surface area contributed by atoms with E-state index in [2.05, 4.69) is 19.3 Å². The quantitative estimate of drug-likeness (QED) is 0.472. The molecule has 0 heterocycles. The molecule has 3 nitrogen and oxygen atoms in total. The van der Waals surface area contributed by atoms with E-state index >= 15 is 0 Å². The molecule has 0 rings (SSSR count). The van der Waals surface area contributed by atoms with Crippen molar-refractivity contribution in [2.45, 2.75) is 46.1 Å². The summed E-state index contributed by atoms with van der Waals surface area (Å²) >= 11 is 0. The van der Waals surface area contributed by atoms with Gasteiger partial charge in [0.15, 0.2) is 0 Å². The average Bonchev–Trinajstić information content (AvgIpc) is 2.03. The predicted molar refractivity (Wildman–Crippen MR) is 56.3 cm³/mol. The van der Waals surface area contributed by atoms with Gasteiger partial charge in [-0.15, -0.1) is 0 Å². The van der Waals surface area contributed by atoms with E-state index in [1.165, 1.54) is 6.42 Å². The maximum atomic E-state index is 5.70. The molecule has 0 aliphatic heterocycles. The standard InChI is InChI=1S/C10H24N2O/c1-5-9(2)6-7-13-10(3,4)8-12-11/h9,12H,5-8,11H2,1-4H3. The monoisotopic (exact) mass is 188 g/mol. The maximum absolute atomic E-state index is 5.70. The molecular formula is C10H24N2O. The van der Waals surface area contributed by atoms with Gasteiger partial charge in [-0.05, 0) is 26.2 Å². The minimum atomic E-state index is -0.151. The maximum Gasteiger partial charge on any atom is 0.0764 e. The molecule has 0 radical (unpaired) electrons. The van der Waals surface area contributed by atoms with Gasteiger partial charge in [0, 0.05) is 13.2 Å². The third-order valence-corrected chi connectivity index (χ3v) is 2.33. The van der Waals surface area contributed by atoms with Crippen molar-refractivity contribution in [1.29, 1.82) is 0 Å². The van der Waals surface area contributed by atoms with E-state index in [0.717, 1.165) is 18.9 Å². The van der Waals surface area contributed by atoms with Crippen molar-refractivity contribution < 1.29 is 4.74 Å². The first kappa shape index (κ1) is 12.9. The van der Waals surface area contributed by atoms with E-state index in [9.17, 15) is 0 Å². The van der Waals surface area contributed by atoms with Crippen molar-refractivity contribution in [3.05, 3.63) is 0 Å². The van der Waals surface area contributed by atoms with Crippen molar-refractivity contribution in [3.63, 3.8) is 0 Å². The van der Waals surface area contributed by atoms with Crippen LogP contribution in [0.5, 0.6) is 0 Å². The van der Waals surface area contributed by atoms with Gasteiger partial charge in [0.05, 0.1) is 5.60 Å². The van der Waals surface area contributed by atoms with Gasteiger partial charge in [-0.2, -0.15) is 0 Å². The van der Waals surface area contributed by atoms with Crippen LogP contribution >= 0.6 is 0 Å². The minimum absolute atomic E-state index is 0.151. The highest BCUT2D eigenvalue weighted by Crippen LogP contribution is 2.11. The Hall–Kier alpha value is -0.120. The lowest BCUT2D eigenvalue weighted by Gasteiger charge is -2.25. The number of ether oxygens (including phenoxy) is 1. The molecule has 1 atom stereocenters. The van der Waals surface area contributed by atoms with Gasteiger partial charge in [-0.25, -0.2) is 0 Å². The van der Waals surface area contributed by atoms with Gasteiger partial charge in [-0.1, -0.05) is 20.3 Å². The van der Waals surface area contributed by atoms with E-state index in [-0.39, 0.29) is 5.60 Å². The van der Waals surface area contributed by atoms with E-state index in [1.807, 2.05) is 13.8 Å². The molecule has 0 bridgehead atoms. The van der Waals surface area contributed by atoms with E-state index in [4.69, 9.17) is 10.6 Å². The van der Waals surface area contributed by atoms with Crippen LogP contribution in [0.2, 0.25) is 0 Å². The fraction of sp³-hybridized carbons (Fsp3) is 1.00. The van der Waals surface area contributed by atoms with Gasteiger partial charge < -0.3 is 4.74 Å². The highest BCUT2D eigenvalue weighted by atomic mass is 16.5. The Balaban J connectivity index is 3.50. The summed E-state index contributed by atoms with van der Waals surface area (Å²) in [4.78, 5) is 0. The Labute approximate surface area is 82.0 Å². The highest BCUT2D eigenvalue weighted by molar-refractivity contribution is 4.69. The Bertz CT molecular complexity index is 126. The molecule has 0 saturated heterocycles. The summed E-state index contributed by atoms with van der Waals surface area (Å²) in [6, 6.07) is 0. The summed E-state index contributed by atoms with van der Waals surface area (Å²) in [6.45, 7) is 10.1.